The Kier molecular flexibility index (Phi) is 32.2. The van der Waals surface area contributed by atoms with Crippen LogP contribution in [-0.2, 0) is 32.5 Å². The van der Waals surface area contributed by atoms with Crippen molar-refractivity contribution in [2.45, 2.75) is 117 Å². The lowest BCUT2D eigenvalue weighted by Gasteiger charge is -2.11. The first kappa shape index (κ1) is 42.2. The molecule has 0 aliphatic heterocycles. The van der Waals surface area contributed by atoms with E-state index >= 15 is 0 Å². The average Bonchev–Trinajstić information content (AvgIpc) is 2.99. The van der Waals surface area contributed by atoms with Gasteiger partial charge in [0.1, 0.15) is 0 Å². The van der Waals surface area contributed by atoms with E-state index in [0.717, 1.165) is 11.5 Å². The molecule has 0 bridgehead atoms. The standard InChI is InChI=1S/2C11H25N2S.C8H6O6/c2*1-2-3-4-5-6-7-8-9-10-14-11(12)13;9-7(13-11)5-3-1-2-4-6(5)8(10)14-12/h2*2-10,12-13H2,1H3;1-4,11-12H/q2*+1;/p-2. The first-order chi connectivity index (χ1) is 20.2. The molecule has 0 amide bonds. The van der Waals surface area contributed by atoms with E-state index in [1.54, 1.807) is 22.7 Å². The number of carbonyl (C=O) groups excluding carboxylic acids is 2. The summed E-state index contributed by atoms with van der Waals surface area (Å²) in [5.74, 6) is -0.328. The number of unbranched alkanes of at least 4 members (excludes halogenated alkanes) is 14. The van der Waals surface area contributed by atoms with Gasteiger partial charge in [-0.2, -0.15) is 0 Å². The summed E-state index contributed by atoms with van der Waals surface area (Å²) in [6.45, 7) is 4.51. The van der Waals surface area contributed by atoms with E-state index in [0.29, 0.717) is 10.2 Å². The van der Waals surface area contributed by atoms with Crippen LogP contribution in [-0.4, -0.2) is 33.7 Å². The zero-order valence-electron chi connectivity index (χ0n) is 25.6. The van der Waals surface area contributed by atoms with Crippen LogP contribution in [0.25, 0.3) is 0 Å². The molecule has 8 N–H and O–H groups in total. The van der Waals surface area contributed by atoms with Gasteiger partial charge in [-0.1, -0.05) is 103 Å². The van der Waals surface area contributed by atoms with Gasteiger partial charge in [-0.25, -0.2) is 32.5 Å². The zero-order chi connectivity index (χ0) is 31.8. The van der Waals surface area contributed by atoms with Crippen molar-refractivity contribution in [3.05, 3.63) is 35.4 Å². The molecule has 0 aliphatic rings. The molecule has 1 aromatic rings. The summed E-state index contributed by atoms with van der Waals surface area (Å²) in [5.41, 5.74) is 20.8. The fourth-order valence-electron chi connectivity index (χ4n) is 3.78. The molecule has 0 saturated carbocycles. The smallest absolute Gasteiger partial charge is 0.333 e. The van der Waals surface area contributed by atoms with Crippen LogP contribution >= 0.6 is 0 Å². The maximum atomic E-state index is 10.8. The van der Waals surface area contributed by atoms with E-state index in [2.05, 4.69) is 23.6 Å². The lowest BCUT2D eigenvalue weighted by atomic mass is 10.1. The molecule has 0 aromatic heterocycles. The summed E-state index contributed by atoms with van der Waals surface area (Å²) < 4.78 is 0. The molecule has 10 nitrogen and oxygen atoms in total. The molecule has 0 spiro atoms. The number of hydrogen-bond donors (Lipinski definition) is 4. The number of benzene rings is 1. The first-order valence-electron chi connectivity index (χ1n) is 15.0. The van der Waals surface area contributed by atoms with Crippen molar-refractivity contribution in [1.29, 1.82) is 0 Å². The van der Waals surface area contributed by atoms with Gasteiger partial charge in [0.05, 0.1) is 11.1 Å². The van der Waals surface area contributed by atoms with E-state index in [4.69, 9.17) is 22.9 Å². The highest BCUT2D eigenvalue weighted by Crippen LogP contribution is 2.11. The number of hydrogen-bond acceptors (Lipinski definition) is 6. The Hall–Kier alpha value is -1.90. The Morgan fingerprint density at radius 1 is 0.571 bits per heavy atom. The van der Waals surface area contributed by atoms with Crippen molar-refractivity contribution >= 4 is 44.9 Å². The lowest BCUT2D eigenvalue weighted by molar-refractivity contribution is -0.654. The SMILES string of the molecule is CCCCCCCCCC[S+]=C(N)N.CCCCCCCCCC[S+]=C(N)N.O=C(O[O-])c1ccccc1C(=O)O[O-]. The van der Waals surface area contributed by atoms with Crippen molar-refractivity contribution in [2.75, 3.05) is 11.5 Å². The molecule has 1 aromatic carbocycles. The molecule has 0 aliphatic carbocycles. The minimum Gasteiger partial charge on any atom is -0.661 e. The summed E-state index contributed by atoms with van der Waals surface area (Å²) >= 11 is 3.15. The van der Waals surface area contributed by atoms with Crippen LogP contribution in [0.5, 0.6) is 0 Å². The van der Waals surface area contributed by atoms with Crippen molar-refractivity contribution in [2.24, 2.45) is 22.9 Å². The second-order valence-electron chi connectivity index (χ2n) is 9.74. The molecule has 1 rings (SSSR count). The second kappa shape index (κ2) is 32.0. The fourth-order valence-corrected chi connectivity index (χ4v) is 4.95. The number of rotatable bonds is 20. The van der Waals surface area contributed by atoms with E-state index in [9.17, 15) is 20.1 Å². The molecular formula is C30H54N4O6S2. The van der Waals surface area contributed by atoms with Gasteiger partial charge in [-0.3, -0.25) is 0 Å². The van der Waals surface area contributed by atoms with E-state index in [1.807, 2.05) is 0 Å². The van der Waals surface area contributed by atoms with Gasteiger partial charge >= 0.3 is 22.2 Å². The summed E-state index contributed by atoms with van der Waals surface area (Å²) in [4.78, 5) is 28.0. The Bertz CT molecular complexity index is 795. The van der Waals surface area contributed by atoms with E-state index < -0.39 is 11.9 Å². The molecule has 0 unspecified atom stereocenters. The van der Waals surface area contributed by atoms with Gasteiger partial charge < -0.3 is 20.3 Å². The van der Waals surface area contributed by atoms with Crippen molar-refractivity contribution in [1.82, 2.24) is 0 Å². The molecule has 242 valence electrons. The van der Waals surface area contributed by atoms with Crippen LogP contribution in [0.3, 0.4) is 0 Å². The predicted molar refractivity (Wildman–Crippen MR) is 174 cm³/mol. The third-order valence-electron chi connectivity index (χ3n) is 6.05. The molecule has 0 radical (unpaired) electrons. The highest BCUT2D eigenvalue weighted by Gasteiger charge is 2.15. The fraction of sp³-hybridized carbons (Fsp3) is 0.667. The molecule has 42 heavy (non-hydrogen) atoms. The molecular weight excluding hydrogens is 576 g/mol. The third kappa shape index (κ3) is 28.2. The van der Waals surface area contributed by atoms with Crippen LogP contribution in [0.4, 0.5) is 0 Å². The minimum absolute atomic E-state index is 0.302. The van der Waals surface area contributed by atoms with Gasteiger partial charge in [0.25, 0.3) is 0 Å². The van der Waals surface area contributed by atoms with Crippen LogP contribution in [0.1, 0.15) is 137 Å². The Morgan fingerprint density at radius 2 is 0.857 bits per heavy atom. The van der Waals surface area contributed by atoms with Crippen molar-refractivity contribution in [3.63, 3.8) is 0 Å². The first-order valence-corrected chi connectivity index (χ1v) is 17.0. The van der Waals surface area contributed by atoms with E-state index in [1.165, 1.54) is 127 Å². The lowest BCUT2D eigenvalue weighted by Crippen LogP contribution is -2.24. The Balaban J connectivity index is 0. The maximum Gasteiger partial charge on any atom is 0.333 e. The molecule has 0 fully saturated rings. The zero-order valence-corrected chi connectivity index (χ0v) is 27.2. The highest BCUT2D eigenvalue weighted by atomic mass is 32.1. The predicted octanol–water partition coefficient (Wildman–Crippen LogP) is 2.98. The third-order valence-corrected chi connectivity index (χ3v) is 7.70. The van der Waals surface area contributed by atoms with Gasteiger partial charge in [-0.15, -0.1) is 0 Å². The van der Waals surface area contributed by atoms with Gasteiger partial charge in [0.15, 0.2) is 11.5 Å². The molecule has 12 heteroatoms. The van der Waals surface area contributed by atoms with Gasteiger partial charge in [0.2, 0.25) is 22.7 Å². The monoisotopic (exact) mass is 630 g/mol. The maximum absolute atomic E-state index is 10.8. The Labute approximate surface area is 260 Å². The highest BCUT2D eigenvalue weighted by molar-refractivity contribution is 7.78. The number of nitrogens with two attached hydrogens (primary N) is 4. The molecule has 0 heterocycles. The molecule has 0 saturated heterocycles. The summed E-state index contributed by atoms with van der Waals surface area (Å²) in [7, 11) is 0. The summed E-state index contributed by atoms with van der Waals surface area (Å²) in [6, 6.07) is 5.17. The van der Waals surface area contributed by atoms with Crippen LogP contribution in [0, 0.1) is 0 Å². The summed E-state index contributed by atoms with van der Waals surface area (Å²) in [5, 5.41) is 20.6. The Morgan fingerprint density at radius 3 is 1.12 bits per heavy atom. The topological polar surface area (TPSA) is 203 Å². The average molecular weight is 631 g/mol. The molecule has 0 atom stereocenters. The van der Waals surface area contributed by atoms with Crippen LogP contribution in [0.15, 0.2) is 24.3 Å². The van der Waals surface area contributed by atoms with Crippen LogP contribution in [0.2, 0.25) is 0 Å². The quantitative estimate of drug-likeness (QED) is 0.0545. The summed E-state index contributed by atoms with van der Waals surface area (Å²) in [6.07, 6.45) is 21.8. The second-order valence-corrected chi connectivity index (χ2v) is 12.1. The van der Waals surface area contributed by atoms with Gasteiger partial charge in [0, 0.05) is 12.8 Å². The van der Waals surface area contributed by atoms with Crippen molar-refractivity contribution in [3.8, 4) is 0 Å². The largest absolute Gasteiger partial charge is 0.661 e. The van der Waals surface area contributed by atoms with Crippen molar-refractivity contribution < 1.29 is 29.9 Å². The normalized spacial score (nSPS) is 9.90. The number of carbonyl (C=O) groups is 2. The van der Waals surface area contributed by atoms with Crippen LogP contribution < -0.4 is 33.4 Å². The van der Waals surface area contributed by atoms with E-state index in [-0.39, 0.29) is 11.1 Å². The minimum atomic E-state index is -1.24. The van der Waals surface area contributed by atoms with Gasteiger partial charge in [-0.05, 0) is 25.0 Å².